The van der Waals surface area contributed by atoms with Crippen molar-refractivity contribution >= 4 is 5.69 Å². The van der Waals surface area contributed by atoms with Crippen LogP contribution >= 0.6 is 0 Å². The van der Waals surface area contributed by atoms with Gasteiger partial charge in [-0.1, -0.05) is 36.4 Å². The zero-order chi connectivity index (χ0) is 11.6. The Morgan fingerprint density at radius 2 is 1.15 bits per heavy atom. The van der Waals surface area contributed by atoms with Gasteiger partial charge in [-0.05, 0) is 24.3 Å². The molecule has 2 nitrogen and oxygen atoms in total. The number of benzene rings is 2. The van der Waals surface area contributed by atoms with E-state index in [0.29, 0.717) is 0 Å². The molecule has 0 amide bonds. The van der Waals surface area contributed by atoms with Crippen LogP contribution in [0.25, 0.3) is 0 Å². The molecule has 4 heteroatoms. The summed E-state index contributed by atoms with van der Waals surface area (Å²) in [5.41, 5.74) is 1.16. The average molecular weight is 613 g/mol. The Kier molecular flexibility index (Phi) is 25.5. The van der Waals surface area contributed by atoms with Crippen molar-refractivity contribution in [1.82, 2.24) is 0 Å². The van der Waals surface area contributed by atoms with E-state index >= 15 is 0 Å². The van der Waals surface area contributed by atoms with E-state index in [1.54, 1.807) is 7.11 Å². The van der Waals surface area contributed by atoms with Crippen LogP contribution in [0.4, 0.5) is 5.69 Å². The van der Waals surface area contributed by atoms with Crippen LogP contribution in [0.3, 0.4) is 0 Å². The van der Waals surface area contributed by atoms with Gasteiger partial charge in [0.2, 0.25) is 0 Å². The van der Waals surface area contributed by atoms with Gasteiger partial charge in [-0.3, -0.25) is 0 Å². The summed E-state index contributed by atoms with van der Waals surface area (Å²) < 4.78 is 4.91. The Hall–Kier alpha value is -0.583. The Balaban J connectivity index is -0.000000107. The molecule has 112 valence electrons. The first-order chi connectivity index (χ1) is 7.86. The molecule has 0 saturated heterocycles. The summed E-state index contributed by atoms with van der Waals surface area (Å²) in [6, 6.07) is 19.7. The van der Waals surface area contributed by atoms with Crippen LogP contribution < -0.4 is 10.1 Å². The number of hydrogen-bond donors (Lipinski definition) is 1. The van der Waals surface area contributed by atoms with Gasteiger partial charge in [0.1, 0.15) is 5.75 Å². The summed E-state index contributed by atoms with van der Waals surface area (Å²) >= 11 is 0. The zero-order valence-electron chi connectivity index (χ0n) is 12.5. The molecule has 0 aromatic heterocycles. The fraction of sp³-hybridized carbons (Fsp3) is 0.125. The Morgan fingerprint density at radius 1 is 0.750 bits per heavy atom. The van der Waals surface area contributed by atoms with Crippen LogP contribution in [-0.2, 0) is 42.1 Å². The van der Waals surface area contributed by atoms with Crippen molar-refractivity contribution in [1.29, 1.82) is 0 Å². The van der Waals surface area contributed by atoms with E-state index in [0.717, 1.165) is 11.4 Å². The average Bonchev–Trinajstić information content (AvgIpc) is 2.41. The normalized spacial score (nSPS) is 6.90. The molecule has 2 aromatic carbocycles. The number of ether oxygens (including phenoxy) is 1. The molecule has 0 radical (unpaired) electrons. The van der Waals surface area contributed by atoms with Crippen molar-refractivity contribution in [2.24, 2.45) is 0 Å². The van der Waals surface area contributed by atoms with E-state index in [-0.39, 0.29) is 57.0 Å². The van der Waals surface area contributed by atoms with E-state index in [2.05, 4.69) is 5.32 Å². The number of para-hydroxylation sites is 2. The first-order valence-corrected chi connectivity index (χ1v) is 5.18. The fourth-order valence-corrected chi connectivity index (χ4v) is 1.16. The largest absolute Gasteiger partial charge is 0.497 e. The third-order valence-electron chi connectivity index (χ3n) is 2.04. The number of methoxy groups -OCH3 is 1. The van der Waals surface area contributed by atoms with Gasteiger partial charge in [0, 0.05) is 54.9 Å². The molecule has 0 heterocycles. The van der Waals surface area contributed by atoms with E-state index in [1.165, 1.54) is 0 Å². The van der Waals surface area contributed by atoms with Crippen LogP contribution in [0.2, 0.25) is 0 Å². The summed E-state index contributed by atoms with van der Waals surface area (Å²) in [6.45, 7) is 0. The van der Waals surface area contributed by atoms with Gasteiger partial charge in [0.05, 0.1) is 7.11 Å². The molecule has 0 aliphatic carbocycles. The summed E-state index contributed by atoms with van der Waals surface area (Å²) in [7, 11) is 3.57. The third kappa shape index (κ3) is 12.5. The maximum atomic E-state index is 4.91. The van der Waals surface area contributed by atoms with Crippen LogP contribution in [-0.4, -0.2) is 14.2 Å². The smallest absolute Gasteiger partial charge is 0.118 e. The van der Waals surface area contributed by atoms with Crippen molar-refractivity contribution in [2.45, 2.75) is 0 Å². The first-order valence-electron chi connectivity index (χ1n) is 5.18. The minimum atomic E-state index is 0. The predicted octanol–water partition coefficient (Wildman–Crippen LogP) is 4.32. The monoisotopic (exact) mass is 613 g/mol. The van der Waals surface area contributed by atoms with Gasteiger partial charge in [0.15, 0.2) is 0 Å². The van der Waals surface area contributed by atoms with E-state index in [9.17, 15) is 0 Å². The molecule has 0 unspecified atom stereocenters. The Labute approximate surface area is 152 Å². The van der Waals surface area contributed by atoms with E-state index in [1.807, 2.05) is 67.7 Å². The van der Waals surface area contributed by atoms with Gasteiger partial charge in [-0.25, -0.2) is 0 Å². The fourth-order valence-electron chi connectivity index (χ4n) is 1.16. The van der Waals surface area contributed by atoms with Crippen molar-refractivity contribution in [3.63, 3.8) is 0 Å². The summed E-state index contributed by atoms with van der Waals surface area (Å²) in [4.78, 5) is 0. The standard InChI is InChI=1S/C7H9N.C7H8O.2CH3.2W/c2*1-8-7-5-3-2-4-6-7;;;;/h2-6,8H,1H3;2-6H,1H3;2*1H3;;/q;;2*-1;;. The summed E-state index contributed by atoms with van der Waals surface area (Å²) in [6.07, 6.45) is 0. The Bertz CT molecular complexity index is 343. The molecule has 0 aliphatic rings. The maximum absolute atomic E-state index is 4.91. The number of hydrogen-bond acceptors (Lipinski definition) is 2. The molecule has 0 bridgehead atoms. The summed E-state index contributed by atoms with van der Waals surface area (Å²) in [5.74, 6) is 0.910. The number of anilines is 1. The molecule has 0 saturated carbocycles. The molecule has 0 fully saturated rings. The minimum Gasteiger partial charge on any atom is -0.497 e. The number of rotatable bonds is 2. The Morgan fingerprint density at radius 3 is 1.40 bits per heavy atom. The number of nitrogens with one attached hydrogen (secondary N) is 1. The van der Waals surface area contributed by atoms with Gasteiger partial charge >= 0.3 is 0 Å². The quantitative estimate of drug-likeness (QED) is 0.511. The first kappa shape index (κ1) is 27.7. The van der Waals surface area contributed by atoms with Crippen molar-refractivity contribution in [2.75, 3.05) is 19.5 Å². The van der Waals surface area contributed by atoms with E-state index in [4.69, 9.17) is 4.74 Å². The molecule has 20 heavy (non-hydrogen) atoms. The molecule has 0 spiro atoms. The molecule has 2 rings (SSSR count). The van der Waals surface area contributed by atoms with Crippen LogP contribution in [0, 0.1) is 14.9 Å². The van der Waals surface area contributed by atoms with Crippen molar-refractivity contribution < 1.29 is 46.9 Å². The third-order valence-corrected chi connectivity index (χ3v) is 2.04. The van der Waals surface area contributed by atoms with Crippen LogP contribution in [0.5, 0.6) is 5.75 Å². The van der Waals surface area contributed by atoms with Crippen molar-refractivity contribution in [3.8, 4) is 5.75 Å². The predicted molar refractivity (Wildman–Crippen MR) is 81.8 cm³/mol. The van der Waals surface area contributed by atoms with Gasteiger partial charge in [-0.2, -0.15) is 0 Å². The van der Waals surface area contributed by atoms with Gasteiger partial charge < -0.3 is 24.9 Å². The second-order valence-corrected chi connectivity index (χ2v) is 3.13. The van der Waals surface area contributed by atoms with Crippen LogP contribution in [0.15, 0.2) is 60.7 Å². The zero-order valence-corrected chi connectivity index (χ0v) is 18.4. The van der Waals surface area contributed by atoms with Gasteiger partial charge in [0.25, 0.3) is 0 Å². The molecule has 0 atom stereocenters. The SMILES string of the molecule is CNc1ccccc1.COc1ccccc1.[CH3-].[CH3-].[W].[W]. The van der Waals surface area contributed by atoms with E-state index < -0.39 is 0 Å². The molecule has 1 N–H and O–H groups in total. The second kappa shape index (κ2) is 18.4. The second-order valence-electron chi connectivity index (χ2n) is 3.13. The van der Waals surface area contributed by atoms with Gasteiger partial charge in [-0.15, -0.1) is 0 Å². The topological polar surface area (TPSA) is 21.3 Å². The maximum Gasteiger partial charge on any atom is 0.118 e. The summed E-state index contributed by atoms with van der Waals surface area (Å²) in [5, 5.41) is 3.03. The minimum absolute atomic E-state index is 0. The molecular formula is C16H23NOW2-2. The molecule has 0 aliphatic heterocycles. The molecular weight excluding hydrogens is 590 g/mol. The van der Waals surface area contributed by atoms with Crippen LogP contribution in [0.1, 0.15) is 0 Å². The molecule has 2 aromatic rings. The van der Waals surface area contributed by atoms with Crippen molar-refractivity contribution in [3.05, 3.63) is 75.5 Å².